The number of rotatable bonds is 53. The molecule has 2 aliphatic carbocycles. The highest BCUT2D eigenvalue weighted by atomic mass is 79.9. The van der Waals surface area contributed by atoms with Gasteiger partial charge in [0, 0.05) is 85.9 Å². The molecule has 0 saturated carbocycles. The van der Waals surface area contributed by atoms with Crippen LogP contribution in [0, 0.1) is 0 Å². The molecule has 97 heavy (non-hydrogen) atoms. The zero-order valence-electron chi connectivity index (χ0n) is 55.1. The summed E-state index contributed by atoms with van der Waals surface area (Å²) in [4.78, 5) is 0. The van der Waals surface area contributed by atoms with Crippen molar-refractivity contribution in [3.8, 4) is 67.1 Å². The van der Waals surface area contributed by atoms with Gasteiger partial charge in [-0.3, -0.25) is 0 Å². The SMILES string of the molecule is BrCCOCCOCCOc1ccc(OCCOCCOCCBr)c(-c2ccc3c(c2)C(CCOCCOCCBr)(CCOCCOCCBr)c2cc(-c4ccc(-c5ccc6c(c5)C(CCOCCOCCBr)(CCOCCOCCBr)c5ccccc5-6)c5nsnc45)ccc2-3)c1. The number of ether oxygens (including phenoxy) is 14. The zero-order chi connectivity index (χ0) is 67.6. The van der Waals surface area contributed by atoms with Gasteiger partial charge >= 0.3 is 0 Å². The van der Waals surface area contributed by atoms with Crippen LogP contribution in [0.1, 0.15) is 47.9 Å². The minimum Gasteiger partial charge on any atom is -0.491 e. The van der Waals surface area contributed by atoms with Gasteiger partial charge < -0.3 is 66.3 Å². The predicted molar refractivity (Wildman–Crippen MR) is 408 cm³/mol. The van der Waals surface area contributed by atoms with Crippen molar-refractivity contribution in [1.29, 1.82) is 0 Å². The Morgan fingerprint density at radius 3 is 0.969 bits per heavy atom. The molecule has 0 fully saturated rings. The molecule has 7 aromatic rings. The van der Waals surface area contributed by atoms with Crippen molar-refractivity contribution in [2.45, 2.75) is 36.5 Å². The fourth-order valence-electron chi connectivity index (χ4n) is 12.7. The Morgan fingerprint density at radius 2 is 0.577 bits per heavy atom. The zero-order valence-corrected chi connectivity index (χ0v) is 65.5. The van der Waals surface area contributed by atoms with Crippen LogP contribution in [-0.4, -0.2) is 213 Å². The summed E-state index contributed by atoms with van der Waals surface area (Å²) in [5.74, 6) is 1.41. The molecule has 0 bridgehead atoms. The maximum absolute atomic E-state index is 6.60. The number of alkyl halides is 6. The van der Waals surface area contributed by atoms with Crippen LogP contribution in [0.3, 0.4) is 0 Å². The van der Waals surface area contributed by atoms with Crippen molar-refractivity contribution in [3.63, 3.8) is 0 Å². The van der Waals surface area contributed by atoms with Gasteiger partial charge in [-0.25, -0.2) is 0 Å². The summed E-state index contributed by atoms with van der Waals surface area (Å²) in [6.07, 6.45) is 2.87. The summed E-state index contributed by atoms with van der Waals surface area (Å²) >= 11 is 22.0. The van der Waals surface area contributed by atoms with E-state index < -0.39 is 5.41 Å². The molecule has 0 saturated heterocycles. The van der Waals surface area contributed by atoms with E-state index in [0.717, 1.165) is 100 Å². The smallest absolute Gasteiger partial charge is 0.127 e. The molecule has 9 rings (SSSR count). The minimum absolute atomic E-state index is 0.342. The fraction of sp³-hybridized carbons (Fsp3) is 0.514. The summed E-state index contributed by atoms with van der Waals surface area (Å²) in [5.41, 5.74) is 16.4. The lowest BCUT2D eigenvalue weighted by Gasteiger charge is -2.33. The Labute approximate surface area is 626 Å². The molecular weight excluding hydrogens is 1650 g/mol. The van der Waals surface area contributed by atoms with E-state index in [1.165, 1.54) is 45.1 Å². The van der Waals surface area contributed by atoms with Gasteiger partial charge in [0.05, 0.1) is 144 Å². The average molecular weight is 1740 g/mol. The summed E-state index contributed by atoms with van der Waals surface area (Å²) < 4.78 is 95.2. The summed E-state index contributed by atoms with van der Waals surface area (Å²) in [6.45, 7) is 13.4. The second-order valence-corrected chi connectivity index (χ2v) is 28.2. The van der Waals surface area contributed by atoms with E-state index in [1.807, 2.05) is 12.1 Å². The Balaban J connectivity index is 1.08. The van der Waals surface area contributed by atoms with Crippen LogP contribution in [0.4, 0.5) is 0 Å². The first-order chi connectivity index (χ1) is 47.9. The predicted octanol–water partition coefficient (Wildman–Crippen LogP) is 16.1. The number of fused-ring (bicyclic) bond motifs is 7. The van der Waals surface area contributed by atoms with Crippen LogP contribution in [0.5, 0.6) is 11.5 Å². The Morgan fingerprint density at radius 1 is 0.268 bits per heavy atom. The van der Waals surface area contributed by atoms with Gasteiger partial charge in [0.15, 0.2) is 0 Å². The van der Waals surface area contributed by atoms with Crippen molar-refractivity contribution in [2.75, 3.05) is 204 Å². The molecule has 0 amide bonds. The number of nitrogens with zero attached hydrogens (tertiary/aromatic N) is 2. The molecule has 2 aliphatic rings. The first-order valence-corrected chi connectivity index (χ1v) is 40.9. The topological polar surface area (TPSA) is 155 Å². The Hall–Kier alpha value is -2.86. The Kier molecular flexibility index (Phi) is 35.5. The van der Waals surface area contributed by atoms with Crippen molar-refractivity contribution >= 4 is 118 Å². The molecule has 0 atom stereocenters. The van der Waals surface area contributed by atoms with Crippen molar-refractivity contribution in [3.05, 3.63) is 131 Å². The standard InChI is InChI=1S/C74H90Br6N2O14S/c75-19-29-87-39-35-83-25-15-73(16-26-84-36-40-88-30-20-76)66-4-2-1-3-61(66)62-9-5-55(51-67(62)73)59-12-13-60(72-71(59)81-97-82-72)56-6-10-63-64-11-7-57(53-69(64)74(68(63)52-56,17-27-85-37-41-89-31-21-77)18-28-86-38-42-90-32-22-78)65-54-58(95-49-47-93-45-43-91-33-23-79)8-14-70(65)96-50-48-94-46-44-92-34-24-80/h1-14,51-54H,15-50H2. The van der Waals surface area contributed by atoms with E-state index in [1.54, 1.807) is 0 Å². The van der Waals surface area contributed by atoms with Gasteiger partial charge in [-0.15, -0.1) is 0 Å². The van der Waals surface area contributed by atoms with Crippen LogP contribution in [0.25, 0.3) is 66.7 Å². The second-order valence-electron chi connectivity index (χ2n) is 23.0. The van der Waals surface area contributed by atoms with Crippen molar-refractivity contribution in [1.82, 2.24) is 8.75 Å². The molecule has 23 heteroatoms. The van der Waals surface area contributed by atoms with Crippen molar-refractivity contribution < 1.29 is 66.3 Å². The molecule has 1 heterocycles. The molecule has 0 spiro atoms. The van der Waals surface area contributed by atoms with Crippen LogP contribution < -0.4 is 9.47 Å². The van der Waals surface area contributed by atoms with Crippen LogP contribution >= 0.6 is 107 Å². The van der Waals surface area contributed by atoms with E-state index in [4.69, 9.17) is 75.1 Å². The largest absolute Gasteiger partial charge is 0.491 e. The maximum atomic E-state index is 6.60. The van der Waals surface area contributed by atoms with Gasteiger partial charge in [0.1, 0.15) is 35.7 Å². The number of benzene rings is 6. The molecule has 16 nitrogen and oxygen atoms in total. The molecule has 1 aromatic heterocycles. The number of hydrogen-bond donors (Lipinski definition) is 0. The third-order valence-electron chi connectivity index (χ3n) is 17.2. The lowest BCUT2D eigenvalue weighted by Crippen LogP contribution is -2.30. The maximum Gasteiger partial charge on any atom is 0.127 e. The molecule has 6 aromatic carbocycles. The molecule has 0 N–H and O–H groups in total. The fourth-order valence-corrected chi connectivity index (χ4v) is 14.7. The summed E-state index contributed by atoms with van der Waals surface area (Å²) in [6, 6.07) is 39.9. The third kappa shape index (κ3) is 22.1. The van der Waals surface area contributed by atoms with Gasteiger partial charge in [0.25, 0.3) is 0 Å². The van der Waals surface area contributed by atoms with Crippen LogP contribution in [-0.2, 0) is 67.7 Å². The van der Waals surface area contributed by atoms with E-state index in [2.05, 4.69) is 193 Å². The lowest BCUT2D eigenvalue weighted by atomic mass is 9.72. The minimum atomic E-state index is -0.578. The highest BCUT2D eigenvalue weighted by Gasteiger charge is 2.45. The van der Waals surface area contributed by atoms with Crippen LogP contribution in [0.15, 0.2) is 109 Å². The second kappa shape index (κ2) is 43.9. The summed E-state index contributed by atoms with van der Waals surface area (Å²) in [7, 11) is 0. The first kappa shape index (κ1) is 78.3. The molecular formula is C74H90Br6N2O14S. The van der Waals surface area contributed by atoms with E-state index in [-0.39, 0.29) is 5.41 Å². The number of aromatic nitrogens is 2. The molecule has 0 radical (unpaired) electrons. The highest BCUT2D eigenvalue weighted by Crippen LogP contribution is 2.57. The molecule has 528 valence electrons. The monoisotopic (exact) mass is 1740 g/mol. The van der Waals surface area contributed by atoms with E-state index in [9.17, 15) is 0 Å². The quantitative estimate of drug-likeness (QED) is 0.0262. The Bertz CT molecular complexity index is 3410. The number of halogens is 6. The van der Waals surface area contributed by atoms with Gasteiger partial charge in [-0.1, -0.05) is 168 Å². The highest BCUT2D eigenvalue weighted by molar-refractivity contribution is 9.10. The average Bonchev–Trinajstić information content (AvgIpc) is 1.58. The van der Waals surface area contributed by atoms with Crippen molar-refractivity contribution in [2.24, 2.45) is 0 Å². The van der Waals surface area contributed by atoms with E-state index in [0.29, 0.717) is 196 Å². The normalized spacial score (nSPS) is 13.3. The number of hydrogen-bond acceptors (Lipinski definition) is 17. The molecule has 0 unspecified atom stereocenters. The van der Waals surface area contributed by atoms with Gasteiger partial charge in [0.2, 0.25) is 0 Å². The lowest BCUT2D eigenvalue weighted by molar-refractivity contribution is 0.0365. The third-order valence-corrected chi connectivity index (χ3v) is 19.6. The molecule has 0 aliphatic heterocycles. The first-order valence-electron chi connectivity index (χ1n) is 33.4. The van der Waals surface area contributed by atoms with E-state index >= 15 is 0 Å². The van der Waals surface area contributed by atoms with Gasteiger partial charge in [-0.05, 0) is 123 Å². The summed E-state index contributed by atoms with van der Waals surface area (Å²) in [5, 5.41) is 4.65. The van der Waals surface area contributed by atoms with Gasteiger partial charge in [-0.2, -0.15) is 8.75 Å². The van der Waals surface area contributed by atoms with Crippen LogP contribution in [0.2, 0.25) is 0 Å².